The van der Waals surface area contributed by atoms with Crippen LogP contribution in [0.2, 0.25) is 0 Å². The van der Waals surface area contributed by atoms with E-state index in [2.05, 4.69) is 58.4 Å². The molecule has 2 heterocycles. The SMILES string of the molecule is CN1c2c(cc(CBr)n2CC(C)(C)C)C=NC1C#N. The maximum atomic E-state index is 9.15. The molecular formula is C14H19BrN4. The second-order valence-corrected chi connectivity index (χ2v) is 6.65. The smallest absolute Gasteiger partial charge is 0.210 e. The molecule has 2 rings (SSSR count). The van der Waals surface area contributed by atoms with Crippen molar-refractivity contribution in [2.24, 2.45) is 10.4 Å². The molecule has 0 aliphatic carbocycles. The molecule has 0 saturated carbocycles. The number of aliphatic imine (C=N–C) groups is 1. The number of nitriles is 1. The number of aromatic nitrogens is 1. The lowest BCUT2D eigenvalue weighted by atomic mass is 9.97. The zero-order valence-corrected chi connectivity index (χ0v) is 13.4. The molecule has 1 aromatic heterocycles. The van der Waals surface area contributed by atoms with Crippen LogP contribution in [0.1, 0.15) is 32.0 Å². The van der Waals surface area contributed by atoms with Crippen LogP contribution in [0.3, 0.4) is 0 Å². The summed E-state index contributed by atoms with van der Waals surface area (Å²) in [5.41, 5.74) is 2.49. The largest absolute Gasteiger partial charge is 0.330 e. The number of hydrogen-bond donors (Lipinski definition) is 0. The fourth-order valence-corrected chi connectivity index (χ4v) is 2.82. The van der Waals surface area contributed by atoms with E-state index in [4.69, 9.17) is 5.26 Å². The van der Waals surface area contributed by atoms with Crippen LogP contribution in [-0.2, 0) is 11.9 Å². The van der Waals surface area contributed by atoms with E-state index in [1.807, 2.05) is 18.2 Å². The van der Waals surface area contributed by atoms with Crippen molar-refractivity contribution in [3.63, 3.8) is 0 Å². The lowest BCUT2D eigenvalue weighted by molar-refractivity contribution is 0.341. The van der Waals surface area contributed by atoms with Crippen molar-refractivity contribution in [2.45, 2.75) is 38.8 Å². The molecule has 1 unspecified atom stereocenters. The topological polar surface area (TPSA) is 44.3 Å². The Morgan fingerprint density at radius 2 is 2.16 bits per heavy atom. The van der Waals surface area contributed by atoms with Gasteiger partial charge in [0.15, 0.2) is 0 Å². The highest BCUT2D eigenvalue weighted by Crippen LogP contribution is 2.32. The molecule has 1 aromatic rings. The summed E-state index contributed by atoms with van der Waals surface area (Å²) in [4.78, 5) is 6.22. The van der Waals surface area contributed by atoms with E-state index >= 15 is 0 Å². The third-order valence-electron chi connectivity index (χ3n) is 3.12. The van der Waals surface area contributed by atoms with E-state index in [9.17, 15) is 0 Å². The predicted molar refractivity (Wildman–Crippen MR) is 81.9 cm³/mol. The van der Waals surface area contributed by atoms with Gasteiger partial charge in [-0.25, -0.2) is 0 Å². The molecule has 1 atom stereocenters. The second-order valence-electron chi connectivity index (χ2n) is 6.09. The Labute approximate surface area is 122 Å². The summed E-state index contributed by atoms with van der Waals surface area (Å²) in [7, 11) is 1.93. The first-order valence-electron chi connectivity index (χ1n) is 6.31. The lowest BCUT2D eigenvalue weighted by Gasteiger charge is -2.30. The van der Waals surface area contributed by atoms with Crippen LogP contribution in [0.15, 0.2) is 11.1 Å². The first kappa shape index (κ1) is 14.1. The standard InChI is InChI=1S/C14H19BrN4/c1-14(2,3)9-19-11(6-15)5-10-8-17-12(7-16)18(4)13(10)19/h5,8,12H,6,9H2,1-4H3. The Morgan fingerprint density at radius 1 is 1.47 bits per heavy atom. The minimum absolute atomic E-state index is 0.182. The fourth-order valence-electron chi connectivity index (χ4n) is 2.35. The van der Waals surface area contributed by atoms with Gasteiger partial charge in [0.25, 0.3) is 0 Å². The lowest BCUT2D eigenvalue weighted by Crippen LogP contribution is -2.34. The van der Waals surface area contributed by atoms with E-state index in [1.165, 1.54) is 5.69 Å². The molecule has 102 valence electrons. The maximum absolute atomic E-state index is 9.15. The van der Waals surface area contributed by atoms with Crippen molar-refractivity contribution in [3.05, 3.63) is 17.3 Å². The average molecular weight is 323 g/mol. The van der Waals surface area contributed by atoms with Gasteiger partial charge in [-0.3, -0.25) is 4.99 Å². The quantitative estimate of drug-likeness (QED) is 0.785. The number of nitrogens with zero attached hydrogens (tertiary/aromatic N) is 4. The molecule has 0 amide bonds. The summed E-state index contributed by atoms with van der Waals surface area (Å²) in [6.45, 7) is 7.57. The van der Waals surface area contributed by atoms with Gasteiger partial charge in [-0.15, -0.1) is 0 Å². The molecule has 0 N–H and O–H groups in total. The van der Waals surface area contributed by atoms with Gasteiger partial charge in [0.2, 0.25) is 6.17 Å². The minimum Gasteiger partial charge on any atom is -0.330 e. The first-order valence-corrected chi connectivity index (χ1v) is 7.43. The Hall–Kier alpha value is -1.28. The number of rotatable bonds is 2. The van der Waals surface area contributed by atoms with Crippen LogP contribution < -0.4 is 4.90 Å². The highest BCUT2D eigenvalue weighted by atomic mass is 79.9. The van der Waals surface area contributed by atoms with Crippen molar-refractivity contribution in [3.8, 4) is 6.07 Å². The van der Waals surface area contributed by atoms with Crippen LogP contribution in [0.25, 0.3) is 0 Å². The molecule has 0 bridgehead atoms. The molecule has 5 heteroatoms. The molecule has 0 spiro atoms. The highest BCUT2D eigenvalue weighted by molar-refractivity contribution is 9.08. The number of fused-ring (bicyclic) bond motifs is 1. The third kappa shape index (κ3) is 2.69. The Bertz CT molecular complexity index is 545. The van der Waals surface area contributed by atoms with Gasteiger partial charge in [0.05, 0.1) is 0 Å². The van der Waals surface area contributed by atoms with Gasteiger partial charge in [-0.2, -0.15) is 5.26 Å². The Kier molecular flexibility index (Phi) is 3.73. The molecule has 0 fully saturated rings. The van der Waals surface area contributed by atoms with Crippen molar-refractivity contribution in [1.82, 2.24) is 4.57 Å². The summed E-state index contributed by atoms with van der Waals surface area (Å²) in [6.07, 6.45) is 1.39. The van der Waals surface area contributed by atoms with Crippen molar-refractivity contribution < 1.29 is 0 Å². The van der Waals surface area contributed by atoms with Crippen molar-refractivity contribution in [2.75, 3.05) is 11.9 Å². The van der Waals surface area contributed by atoms with E-state index < -0.39 is 6.17 Å². The molecule has 0 saturated heterocycles. The monoisotopic (exact) mass is 322 g/mol. The second kappa shape index (κ2) is 5.01. The van der Waals surface area contributed by atoms with Crippen LogP contribution in [0, 0.1) is 16.7 Å². The normalized spacial score (nSPS) is 18.3. The molecule has 1 aliphatic heterocycles. The van der Waals surface area contributed by atoms with Gasteiger partial charge in [0.1, 0.15) is 11.9 Å². The zero-order valence-electron chi connectivity index (χ0n) is 11.8. The highest BCUT2D eigenvalue weighted by Gasteiger charge is 2.27. The summed E-state index contributed by atoms with van der Waals surface area (Å²) in [5, 5.41) is 9.95. The summed E-state index contributed by atoms with van der Waals surface area (Å²) in [6, 6.07) is 4.36. The van der Waals surface area contributed by atoms with E-state index in [-0.39, 0.29) is 5.41 Å². The maximum Gasteiger partial charge on any atom is 0.210 e. The van der Waals surface area contributed by atoms with Gasteiger partial charge in [-0.05, 0) is 11.5 Å². The van der Waals surface area contributed by atoms with Crippen LogP contribution in [0.5, 0.6) is 0 Å². The van der Waals surface area contributed by atoms with Crippen LogP contribution >= 0.6 is 15.9 Å². The Balaban J connectivity index is 2.52. The Morgan fingerprint density at radius 3 is 2.68 bits per heavy atom. The molecule has 19 heavy (non-hydrogen) atoms. The zero-order chi connectivity index (χ0) is 14.2. The first-order chi connectivity index (χ1) is 8.87. The van der Waals surface area contributed by atoms with Crippen molar-refractivity contribution in [1.29, 1.82) is 5.26 Å². The van der Waals surface area contributed by atoms with Crippen molar-refractivity contribution >= 4 is 28.0 Å². The third-order valence-corrected chi connectivity index (χ3v) is 3.70. The number of anilines is 1. The van der Waals surface area contributed by atoms with E-state index in [0.717, 1.165) is 23.3 Å². The summed E-state index contributed by atoms with van der Waals surface area (Å²) < 4.78 is 2.29. The van der Waals surface area contributed by atoms with E-state index in [1.54, 1.807) is 0 Å². The summed E-state index contributed by atoms with van der Waals surface area (Å²) in [5.74, 6) is 1.09. The van der Waals surface area contributed by atoms with Crippen LogP contribution in [0.4, 0.5) is 5.82 Å². The number of halogens is 1. The summed E-state index contributed by atoms with van der Waals surface area (Å²) >= 11 is 3.55. The molecule has 1 aliphatic rings. The molecule has 4 nitrogen and oxygen atoms in total. The van der Waals surface area contributed by atoms with Crippen LogP contribution in [-0.4, -0.2) is 24.0 Å². The fraction of sp³-hybridized carbons (Fsp3) is 0.571. The average Bonchev–Trinajstić information content (AvgIpc) is 2.66. The predicted octanol–water partition coefficient (Wildman–Crippen LogP) is 3.15. The van der Waals surface area contributed by atoms with Gasteiger partial charge in [-0.1, -0.05) is 36.7 Å². The number of alkyl halides is 1. The van der Waals surface area contributed by atoms with Gasteiger partial charge >= 0.3 is 0 Å². The van der Waals surface area contributed by atoms with Gasteiger partial charge in [0, 0.05) is 36.4 Å². The molecule has 0 radical (unpaired) electrons. The number of hydrogen-bond acceptors (Lipinski definition) is 3. The molecular weight excluding hydrogens is 304 g/mol. The van der Waals surface area contributed by atoms with Gasteiger partial charge < -0.3 is 9.47 Å². The van der Waals surface area contributed by atoms with E-state index in [0.29, 0.717) is 0 Å². The minimum atomic E-state index is -0.427. The molecule has 0 aromatic carbocycles.